The van der Waals surface area contributed by atoms with Gasteiger partial charge in [-0.15, -0.1) is 0 Å². The predicted molar refractivity (Wildman–Crippen MR) is 95.1 cm³/mol. The molecule has 1 aliphatic rings. The Labute approximate surface area is 138 Å². The number of rotatable bonds is 3. The SMILES string of the molecule is Cc1cccc(NC(=O)C2CN(c3nc4ccccc4s3)C2)c1. The van der Waals surface area contributed by atoms with Crippen molar-refractivity contribution in [3.8, 4) is 0 Å². The molecule has 0 saturated carbocycles. The molecule has 0 bridgehead atoms. The zero-order chi connectivity index (χ0) is 15.8. The molecule has 4 nitrogen and oxygen atoms in total. The Hall–Kier alpha value is -2.40. The molecule has 1 fully saturated rings. The quantitative estimate of drug-likeness (QED) is 0.800. The highest BCUT2D eigenvalue weighted by Crippen LogP contribution is 2.33. The molecule has 3 aromatic rings. The maximum absolute atomic E-state index is 12.3. The number of hydrogen-bond donors (Lipinski definition) is 1. The first-order valence-corrected chi connectivity index (χ1v) is 8.49. The van der Waals surface area contributed by atoms with E-state index in [4.69, 9.17) is 0 Å². The highest BCUT2D eigenvalue weighted by atomic mass is 32.1. The Bertz CT molecular complexity index is 834. The van der Waals surface area contributed by atoms with E-state index in [1.807, 2.05) is 49.4 Å². The Morgan fingerprint density at radius 3 is 2.83 bits per heavy atom. The van der Waals surface area contributed by atoms with Crippen LogP contribution in [0.25, 0.3) is 10.2 Å². The Kier molecular flexibility index (Phi) is 3.50. The van der Waals surface area contributed by atoms with E-state index in [9.17, 15) is 4.79 Å². The summed E-state index contributed by atoms with van der Waals surface area (Å²) in [5.41, 5.74) is 3.04. The first-order chi connectivity index (χ1) is 11.2. The summed E-state index contributed by atoms with van der Waals surface area (Å²) >= 11 is 1.68. The van der Waals surface area contributed by atoms with Crippen LogP contribution < -0.4 is 10.2 Å². The van der Waals surface area contributed by atoms with Crippen molar-refractivity contribution in [2.45, 2.75) is 6.92 Å². The Balaban J connectivity index is 1.40. The highest BCUT2D eigenvalue weighted by molar-refractivity contribution is 7.22. The summed E-state index contributed by atoms with van der Waals surface area (Å²) in [6.07, 6.45) is 0. The maximum atomic E-state index is 12.3. The number of hydrogen-bond acceptors (Lipinski definition) is 4. The molecule has 0 atom stereocenters. The van der Waals surface area contributed by atoms with E-state index < -0.39 is 0 Å². The van der Waals surface area contributed by atoms with Crippen molar-refractivity contribution < 1.29 is 4.79 Å². The maximum Gasteiger partial charge on any atom is 0.231 e. The molecule has 23 heavy (non-hydrogen) atoms. The second-order valence-electron chi connectivity index (χ2n) is 5.92. The molecule has 2 aromatic carbocycles. The van der Waals surface area contributed by atoms with Gasteiger partial charge in [-0.25, -0.2) is 4.98 Å². The third-order valence-corrected chi connectivity index (χ3v) is 5.19. The molecule has 2 heterocycles. The van der Waals surface area contributed by atoms with Crippen molar-refractivity contribution in [2.24, 2.45) is 5.92 Å². The predicted octanol–water partition coefficient (Wildman–Crippen LogP) is 3.68. The normalized spacial score (nSPS) is 14.7. The number of amides is 1. The topological polar surface area (TPSA) is 45.2 Å². The van der Waals surface area contributed by atoms with Crippen molar-refractivity contribution in [3.63, 3.8) is 0 Å². The average Bonchev–Trinajstić information content (AvgIpc) is 2.89. The van der Waals surface area contributed by atoms with Crippen LogP contribution >= 0.6 is 11.3 Å². The van der Waals surface area contributed by atoms with Crippen molar-refractivity contribution in [3.05, 3.63) is 54.1 Å². The van der Waals surface area contributed by atoms with Crippen LogP contribution in [0.5, 0.6) is 0 Å². The molecule has 5 heteroatoms. The minimum Gasteiger partial charge on any atom is -0.346 e. The molecule has 1 N–H and O–H groups in total. The number of fused-ring (bicyclic) bond motifs is 1. The fourth-order valence-corrected chi connectivity index (χ4v) is 3.75. The fraction of sp³-hybridized carbons (Fsp3) is 0.222. The highest BCUT2D eigenvalue weighted by Gasteiger charge is 2.34. The monoisotopic (exact) mass is 323 g/mol. The molecule has 0 aliphatic carbocycles. The van der Waals surface area contributed by atoms with Gasteiger partial charge in [-0.1, -0.05) is 35.6 Å². The summed E-state index contributed by atoms with van der Waals surface area (Å²) in [4.78, 5) is 19.1. The number of carbonyl (C=O) groups is 1. The molecular weight excluding hydrogens is 306 g/mol. The van der Waals surface area contributed by atoms with E-state index in [1.165, 1.54) is 4.70 Å². The van der Waals surface area contributed by atoms with Gasteiger partial charge in [-0.05, 0) is 36.8 Å². The minimum absolute atomic E-state index is 0.0301. The smallest absolute Gasteiger partial charge is 0.231 e. The van der Waals surface area contributed by atoms with Crippen LogP contribution in [0.2, 0.25) is 0 Å². The lowest BCUT2D eigenvalue weighted by atomic mass is 10.00. The number of carbonyl (C=O) groups excluding carboxylic acids is 1. The van der Waals surface area contributed by atoms with E-state index in [2.05, 4.69) is 21.3 Å². The van der Waals surface area contributed by atoms with Gasteiger partial charge < -0.3 is 10.2 Å². The van der Waals surface area contributed by atoms with E-state index in [1.54, 1.807) is 11.3 Å². The standard InChI is InChI=1S/C18H17N3OS/c1-12-5-4-6-14(9-12)19-17(22)13-10-21(11-13)18-20-15-7-2-3-8-16(15)23-18/h2-9,13H,10-11H2,1H3,(H,19,22). The molecule has 0 unspecified atom stereocenters. The molecule has 1 aliphatic heterocycles. The zero-order valence-corrected chi connectivity index (χ0v) is 13.6. The lowest BCUT2D eigenvalue weighted by Crippen LogP contribution is -2.52. The molecule has 0 spiro atoms. The minimum atomic E-state index is 0.0301. The van der Waals surface area contributed by atoms with Gasteiger partial charge in [0.1, 0.15) is 0 Å². The number of nitrogens with zero attached hydrogens (tertiary/aromatic N) is 2. The van der Waals surface area contributed by atoms with Gasteiger partial charge in [0.15, 0.2) is 5.13 Å². The van der Waals surface area contributed by atoms with E-state index in [0.29, 0.717) is 0 Å². The third-order valence-electron chi connectivity index (χ3n) is 4.09. The summed E-state index contributed by atoms with van der Waals surface area (Å²) in [5, 5.41) is 4.01. The van der Waals surface area contributed by atoms with Gasteiger partial charge in [0, 0.05) is 18.8 Å². The second-order valence-corrected chi connectivity index (χ2v) is 6.93. The van der Waals surface area contributed by atoms with Crippen LogP contribution in [0.1, 0.15) is 5.56 Å². The van der Waals surface area contributed by atoms with E-state index >= 15 is 0 Å². The van der Waals surface area contributed by atoms with Gasteiger partial charge >= 0.3 is 0 Å². The summed E-state index contributed by atoms with van der Waals surface area (Å²) in [7, 11) is 0. The van der Waals surface area contributed by atoms with Crippen LogP contribution in [-0.4, -0.2) is 24.0 Å². The van der Waals surface area contributed by atoms with Gasteiger partial charge in [0.05, 0.1) is 16.1 Å². The zero-order valence-electron chi connectivity index (χ0n) is 12.8. The van der Waals surface area contributed by atoms with Crippen molar-refractivity contribution in [2.75, 3.05) is 23.3 Å². The number of para-hydroxylation sites is 1. The van der Waals surface area contributed by atoms with Crippen LogP contribution in [0.15, 0.2) is 48.5 Å². The van der Waals surface area contributed by atoms with Gasteiger partial charge in [0.25, 0.3) is 0 Å². The number of nitrogens with one attached hydrogen (secondary N) is 1. The van der Waals surface area contributed by atoms with E-state index in [-0.39, 0.29) is 11.8 Å². The largest absolute Gasteiger partial charge is 0.346 e. The fourth-order valence-electron chi connectivity index (χ4n) is 2.76. The summed E-state index contributed by atoms with van der Waals surface area (Å²) in [6, 6.07) is 16.0. The number of benzene rings is 2. The molecule has 1 aromatic heterocycles. The second kappa shape index (κ2) is 5.66. The summed E-state index contributed by atoms with van der Waals surface area (Å²) < 4.78 is 1.19. The summed E-state index contributed by atoms with van der Waals surface area (Å²) in [5.74, 6) is 0.121. The average molecular weight is 323 g/mol. The van der Waals surface area contributed by atoms with E-state index in [0.717, 1.165) is 35.0 Å². The third kappa shape index (κ3) is 2.80. The lowest BCUT2D eigenvalue weighted by Gasteiger charge is -2.37. The van der Waals surface area contributed by atoms with Gasteiger partial charge in [-0.3, -0.25) is 4.79 Å². The molecule has 4 rings (SSSR count). The molecule has 116 valence electrons. The molecule has 1 amide bonds. The van der Waals surface area contributed by atoms with Crippen LogP contribution in [0.3, 0.4) is 0 Å². The number of aromatic nitrogens is 1. The molecule has 0 radical (unpaired) electrons. The van der Waals surface area contributed by atoms with Gasteiger partial charge in [0.2, 0.25) is 5.91 Å². The van der Waals surface area contributed by atoms with Crippen molar-refractivity contribution >= 4 is 38.3 Å². The Morgan fingerprint density at radius 1 is 1.22 bits per heavy atom. The molecule has 1 saturated heterocycles. The summed E-state index contributed by atoms with van der Waals surface area (Å²) in [6.45, 7) is 3.49. The molecular formula is C18H17N3OS. The first kappa shape index (κ1) is 14.2. The van der Waals surface area contributed by atoms with Crippen molar-refractivity contribution in [1.82, 2.24) is 4.98 Å². The lowest BCUT2D eigenvalue weighted by molar-refractivity contribution is -0.120. The van der Waals surface area contributed by atoms with Crippen LogP contribution in [-0.2, 0) is 4.79 Å². The number of anilines is 2. The van der Waals surface area contributed by atoms with Crippen LogP contribution in [0.4, 0.5) is 10.8 Å². The first-order valence-electron chi connectivity index (χ1n) is 7.67. The number of thiazole rings is 1. The Morgan fingerprint density at radius 2 is 2.04 bits per heavy atom. The number of aryl methyl sites for hydroxylation is 1. The van der Waals surface area contributed by atoms with Crippen molar-refractivity contribution in [1.29, 1.82) is 0 Å². The van der Waals surface area contributed by atoms with Crippen LogP contribution in [0, 0.1) is 12.8 Å². The van der Waals surface area contributed by atoms with Gasteiger partial charge in [-0.2, -0.15) is 0 Å².